The highest BCUT2D eigenvalue weighted by atomic mass is 16.5. The summed E-state index contributed by atoms with van der Waals surface area (Å²) in [7, 11) is 3.28. The molecule has 0 amide bonds. The van der Waals surface area contributed by atoms with E-state index in [2.05, 4.69) is 22.1 Å². The third-order valence-corrected chi connectivity index (χ3v) is 3.84. The van der Waals surface area contributed by atoms with Gasteiger partial charge in [-0.3, -0.25) is 4.79 Å². The number of benzene rings is 1. The zero-order valence-electron chi connectivity index (χ0n) is 13.8. The fraction of sp³-hybridized carbons (Fsp3) is 0.211. The Hall–Kier alpha value is -2.95. The van der Waals surface area contributed by atoms with Gasteiger partial charge in [-0.2, -0.15) is 4.98 Å². The van der Waals surface area contributed by atoms with E-state index < -0.39 is 0 Å². The van der Waals surface area contributed by atoms with Crippen molar-refractivity contribution in [2.45, 2.75) is 12.8 Å². The monoisotopic (exact) mass is 321 g/mol. The van der Waals surface area contributed by atoms with Gasteiger partial charge in [-0.15, -0.1) is 0 Å². The van der Waals surface area contributed by atoms with E-state index in [0.717, 1.165) is 29.8 Å². The average molecular weight is 321 g/mol. The van der Waals surface area contributed by atoms with Crippen molar-refractivity contribution in [3.05, 3.63) is 76.3 Å². The number of aromatic nitrogens is 3. The topological polar surface area (TPSA) is 57.0 Å². The Morgan fingerprint density at radius 1 is 1.04 bits per heavy atom. The number of aryl methyl sites for hydroxylation is 3. The van der Waals surface area contributed by atoms with E-state index in [1.807, 2.05) is 24.3 Å². The quantitative estimate of drug-likeness (QED) is 0.725. The van der Waals surface area contributed by atoms with Crippen molar-refractivity contribution in [2.24, 2.45) is 7.05 Å². The summed E-state index contributed by atoms with van der Waals surface area (Å²) >= 11 is 0. The highest BCUT2D eigenvalue weighted by molar-refractivity contribution is 5.58. The van der Waals surface area contributed by atoms with Crippen LogP contribution in [-0.4, -0.2) is 21.6 Å². The van der Waals surface area contributed by atoms with E-state index in [9.17, 15) is 4.79 Å². The minimum Gasteiger partial charge on any atom is -0.467 e. The predicted octanol–water partition coefficient (Wildman–Crippen LogP) is 2.64. The number of nitrogens with zero attached hydrogens (tertiary/aromatic N) is 3. The predicted molar refractivity (Wildman–Crippen MR) is 93.1 cm³/mol. The Morgan fingerprint density at radius 2 is 1.83 bits per heavy atom. The zero-order chi connectivity index (χ0) is 16.9. The lowest BCUT2D eigenvalue weighted by Gasteiger charge is -2.08. The highest BCUT2D eigenvalue weighted by Crippen LogP contribution is 2.20. The van der Waals surface area contributed by atoms with Gasteiger partial charge in [0.1, 0.15) is 0 Å². The van der Waals surface area contributed by atoms with Crippen LogP contribution >= 0.6 is 0 Å². The summed E-state index contributed by atoms with van der Waals surface area (Å²) in [5.41, 5.74) is 3.73. The number of ether oxygens (including phenoxy) is 1. The molecule has 3 aromatic rings. The fourth-order valence-corrected chi connectivity index (χ4v) is 2.50. The number of pyridine rings is 1. The Morgan fingerprint density at radius 3 is 2.54 bits per heavy atom. The lowest BCUT2D eigenvalue weighted by Crippen LogP contribution is -2.14. The van der Waals surface area contributed by atoms with Crippen molar-refractivity contribution in [1.29, 1.82) is 0 Å². The second kappa shape index (κ2) is 7.08. The maximum Gasteiger partial charge on any atom is 0.316 e. The first kappa shape index (κ1) is 15.9. The van der Waals surface area contributed by atoms with Gasteiger partial charge in [0.2, 0.25) is 5.56 Å². The van der Waals surface area contributed by atoms with Gasteiger partial charge >= 0.3 is 6.01 Å². The van der Waals surface area contributed by atoms with E-state index in [1.54, 1.807) is 26.4 Å². The summed E-state index contributed by atoms with van der Waals surface area (Å²) in [5, 5.41) is 0. The van der Waals surface area contributed by atoms with E-state index >= 15 is 0 Å². The molecule has 0 unspecified atom stereocenters. The molecule has 0 aliphatic carbocycles. The third kappa shape index (κ3) is 3.68. The van der Waals surface area contributed by atoms with Crippen molar-refractivity contribution in [3.63, 3.8) is 0 Å². The van der Waals surface area contributed by atoms with Crippen LogP contribution in [0, 0.1) is 0 Å². The highest BCUT2D eigenvalue weighted by Gasteiger charge is 2.08. The van der Waals surface area contributed by atoms with Crippen molar-refractivity contribution >= 4 is 0 Å². The minimum absolute atomic E-state index is 0.0518. The molecule has 1 aromatic carbocycles. The molecular formula is C19H19N3O2. The lowest BCUT2D eigenvalue weighted by molar-refractivity contribution is 0.378. The van der Waals surface area contributed by atoms with Crippen LogP contribution in [0.4, 0.5) is 0 Å². The molecule has 2 heterocycles. The molecule has 0 saturated heterocycles. The zero-order valence-corrected chi connectivity index (χ0v) is 13.8. The third-order valence-electron chi connectivity index (χ3n) is 3.84. The Labute approximate surface area is 140 Å². The molecule has 3 rings (SSSR count). The summed E-state index contributed by atoms with van der Waals surface area (Å²) in [6.45, 7) is 0. The summed E-state index contributed by atoms with van der Waals surface area (Å²) in [6.07, 6.45) is 3.46. The Balaban J connectivity index is 1.90. The summed E-state index contributed by atoms with van der Waals surface area (Å²) in [6, 6.07) is 15.9. The summed E-state index contributed by atoms with van der Waals surface area (Å²) in [4.78, 5) is 20.4. The van der Waals surface area contributed by atoms with Gasteiger partial charge in [-0.25, -0.2) is 4.98 Å². The van der Waals surface area contributed by atoms with E-state index in [0.29, 0.717) is 6.01 Å². The van der Waals surface area contributed by atoms with Gasteiger partial charge in [-0.1, -0.05) is 30.3 Å². The SMILES string of the molecule is COc1nc(CCc2ccccc2)cc(-c2ccc(=O)n(C)c2)n1. The molecule has 0 saturated carbocycles. The van der Waals surface area contributed by atoms with Crippen LogP contribution in [0.15, 0.2) is 59.5 Å². The molecule has 5 heteroatoms. The minimum atomic E-state index is -0.0518. The molecule has 0 atom stereocenters. The first-order valence-corrected chi connectivity index (χ1v) is 7.78. The second-order valence-electron chi connectivity index (χ2n) is 5.58. The van der Waals surface area contributed by atoms with Crippen molar-refractivity contribution in [2.75, 3.05) is 7.11 Å². The van der Waals surface area contributed by atoms with Crippen molar-refractivity contribution in [3.8, 4) is 17.3 Å². The summed E-state index contributed by atoms with van der Waals surface area (Å²) in [5.74, 6) is 0. The second-order valence-corrected chi connectivity index (χ2v) is 5.58. The molecule has 0 aliphatic rings. The molecule has 122 valence electrons. The van der Waals surface area contributed by atoms with Gasteiger partial charge in [0.05, 0.1) is 12.8 Å². The van der Waals surface area contributed by atoms with Crippen molar-refractivity contribution < 1.29 is 4.74 Å². The first-order valence-electron chi connectivity index (χ1n) is 7.78. The number of hydrogen-bond acceptors (Lipinski definition) is 4. The van der Waals surface area contributed by atoms with Crippen LogP contribution in [-0.2, 0) is 19.9 Å². The normalized spacial score (nSPS) is 10.6. The van der Waals surface area contributed by atoms with Gasteiger partial charge in [0.25, 0.3) is 0 Å². The van der Waals surface area contributed by atoms with E-state index in [1.165, 1.54) is 16.2 Å². The molecule has 2 aromatic heterocycles. The standard InChI is InChI=1S/C19H19N3O2/c1-22-13-15(9-11-18(22)23)17-12-16(20-19(21-17)24-2)10-8-14-6-4-3-5-7-14/h3-7,9,11-13H,8,10H2,1-2H3. The lowest BCUT2D eigenvalue weighted by atomic mass is 10.1. The van der Waals surface area contributed by atoms with Gasteiger partial charge in [-0.05, 0) is 30.5 Å². The molecular weight excluding hydrogens is 302 g/mol. The molecule has 0 radical (unpaired) electrons. The molecule has 0 fully saturated rings. The molecule has 0 N–H and O–H groups in total. The molecule has 0 spiro atoms. The average Bonchev–Trinajstić information content (AvgIpc) is 2.63. The van der Waals surface area contributed by atoms with Crippen LogP contribution in [0.1, 0.15) is 11.3 Å². The van der Waals surface area contributed by atoms with E-state index in [-0.39, 0.29) is 5.56 Å². The van der Waals surface area contributed by atoms with Gasteiger partial charge in [0.15, 0.2) is 0 Å². The fourth-order valence-electron chi connectivity index (χ4n) is 2.50. The van der Waals surface area contributed by atoms with Crippen LogP contribution in [0.2, 0.25) is 0 Å². The number of rotatable bonds is 5. The molecule has 5 nitrogen and oxygen atoms in total. The first-order chi connectivity index (χ1) is 11.7. The molecule has 0 aliphatic heterocycles. The Kier molecular flexibility index (Phi) is 4.70. The molecule has 0 bridgehead atoms. The number of hydrogen-bond donors (Lipinski definition) is 0. The van der Waals surface area contributed by atoms with Gasteiger partial charge in [0, 0.05) is 30.6 Å². The van der Waals surface area contributed by atoms with Crippen LogP contribution in [0.3, 0.4) is 0 Å². The van der Waals surface area contributed by atoms with Crippen molar-refractivity contribution in [1.82, 2.24) is 14.5 Å². The number of methoxy groups -OCH3 is 1. The largest absolute Gasteiger partial charge is 0.467 e. The van der Waals surface area contributed by atoms with E-state index in [4.69, 9.17) is 4.74 Å². The summed E-state index contributed by atoms with van der Waals surface area (Å²) < 4.78 is 6.77. The maximum absolute atomic E-state index is 11.6. The Bertz CT molecular complexity index is 889. The smallest absolute Gasteiger partial charge is 0.316 e. The maximum atomic E-state index is 11.6. The molecule has 24 heavy (non-hydrogen) atoms. The van der Waals surface area contributed by atoms with Crippen LogP contribution in [0.5, 0.6) is 6.01 Å². The van der Waals surface area contributed by atoms with Crippen LogP contribution < -0.4 is 10.3 Å². The van der Waals surface area contributed by atoms with Crippen LogP contribution in [0.25, 0.3) is 11.3 Å². The van der Waals surface area contributed by atoms with Gasteiger partial charge < -0.3 is 9.30 Å².